The van der Waals surface area contributed by atoms with Crippen LogP contribution in [0.25, 0.3) is 0 Å². The lowest BCUT2D eigenvalue weighted by molar-refractivity contribution is -0.390. The number of carbonyl (C=O) groups is 1. The van der Waals surface area contributed by atoms with E-state index >= 15 is 0 Å². The van der Waals surface area contributed by atoms with Crippen LogP contribution >= 0.6 is 0 Å². The number of nitrogens with zero attached hydrogens (tertiary/aromatic N) is 2. The molecule has 0 aliphatic heterocycles. The molecular formula is C14H20N2O5. The van der Waals surface area contributed by atoms with E-state index in [9.17, 15) is 14.9 Å². The van der Waals surface area contributed by atoms with Gasteiger partial charge in [0.15, 0.2) is 0 Å². The van der Waals surface area contributed by atoms with E-state index < -0.39 is 4.92 Å². The Labute approximate surface area is 123 Å². The van der Waals surface area contributed by atoms with Crippen LogP contribution in [0.3, 0.4) is 0 Å². The maximum atomic E-state index is 11.1. The third-order valence-corrected chi connectivity index (χ3v) is 2.76. The molecule has 0 unspecified atom stereocenters. The van der Waals surface area contributed by atoms with E-state index in [0.717, 1.165) is 25.7 Å². The zero-order valence-corrected chi connectivity index (χ0v) is 12.1. The van der Waals surface area contributed by atoms with Gasteiger partial charge < -0.3 is 19.6 Å². The first-order chi connectivity index (χ1) is 10.1. The van der Waals surface area contributed by atoms with Crippen molar-refractivity contribution in [2.75, 3.05) is 13.2 Å². The molecule has 0 bridgehead atoms. The number of aromatic nitrogens is 1. The molecule has 0 saturated heterocycles. The molecule has 0 saturated carbocycles. The van der Waals surface area contributed by atoms with Crippen LogP contribution in [0.4, 0.5) is 5.82 Å². The van der Waals surface area contributed by atoms with Crippen LogP contribution < -0.4 is 4.74 Å². The highest BCUT2D eigenvalue weighted by Gasteiger charge is 2.14. The number of nitro groups is 1. The van der Waals surface area contributed by atoms with Gasteiger partial charge in [-0.15, -0.1) is 0 Å². The Hall–Kier alpha value is -2.18. The molecule has 0 spiro atoms. The Bertz CT molecular complexity index is 464. The summed E-state index contributed by atoms with van der Waals surface area (Å²) in [5, 5.41) is 10.7. The summed E-state index contributed by atoms with van der Waals surface area (Å²) in [6, 6.07) is 3.13. The summed E-state index contributed by atoms with van der Waals surface area (Å²) in [5.74, 6) is -0.242. The van der Waals surface area contributed by atoms with Crippen molar-refractivity contribution in [2.24, 2.45) is 0 Å². The fourth-order valence-corrected chi connectivity index (χ4v) is 1.77. The Morgan fingerprint density at radius 1 is 1.33 bits per heavy atom. The topological polar surface area (TPSA) is 91.6 Å². The minimum absolute atomic E-state index is 0.167. The van der Waals surface area contributed by atoms with E-state index in [1.807, 2.05) is 0 Å². The lowest BCUT2D eigenvalue weighted by Gasteiger charge is -2.06. The van der Waals surface area contributed by atoms with Gasteiger partial charge >= 0.3 is 11.8 Å². The maximum Gasteiger partial charge on any atom is 0.406 e. The molecule has 0 N–H and O–H groups in total. The molecule has 0 radical (unpaired) electrons. The minimum atomic E-state index is -0.561. The van der Waals surface area contributed by atoms with E-state index in [4.69, 9.17) is 9.47 Å². The zero-order valence-electron chi connectivity index (χ0n) is 12.1. The van der Waals surface area contributed by atoms with Gasteiger partial charge in [0.2, 0.25) is 5.75 Å². The normalized spacial score (nSPS) is 10.1. The molecule has 21 heavy (non-hydrogen) atoms. The van der Waals surface area contributed by atoms with Crippen LogP contribution in [0.1, 0.15) is 39.0 Å². The third-order valence-electron chi connectivity index (χ3n) is 2.76. The highest BCUT2D eigenvalue weighted by molar-refractivity contribution is 5.69. The van der Waals surface area contributed by atoms with Crippen LogP contribution in [0.15, 0.2) is 18.3 Å². The van der Waals surface area contributed by atoms with Crippen LogP contribution in [0, 0.1) is 10.1 Å². The molecular weight excluding hydrogens is 276 g/mol. The predicted molar refractivity (Wildman–Crippen MR) is 76.1 cm³/mol. The Balaban J connectivity index is 2.15. The maximum absolute atomic E-state index is 11.1. The summed E-state index contributed by atoms with van der Waals surface area (Å²) in [5.41, 5.74) is 0. The number of carbonyl (C=O) groups excluding carboxylic acids is 1. The highest BCUT2D eigenvalue weighted by Crippen LogP contribution is 2.23. The minimum Gasteiger partial charge on any atom is -0.486 e. The molecule has 1 aromatic heterocycles. The van der Waals surface area contributed by atoms with Crippen molar-refractivity contribution in [1.82, 2.24) is 4.98 Å². The first-order valence-electron chi connectivity index (χ1n) is 7.03. The molecule has 0 aromatic carbocycles. The fourth-order valence-electron chi connectivity index (χ4n) is 1.77. The molecule has 116 valence electrons. The molecule has 0 atom stereocenters. The van der Waals surface area contributed by atoms with Crippen molar-refractivity contribution in [3.8, 4) is 5.75 Å². The first-order valence-corrected chi connectivity index (χ1v) is 7.03. The Morgan fingerprint density at radius 2 is 2.10 bits per heavy atom. The van der Waals surface area contributed by atoms with Gasteiger partial charge in [0.1, 0.15) is 6.20 Å². The van der Waals surface area contributed by atoms with Crippen molar-refractivity contribution in [3.05, 3.63) is 28.4 Å². The lowest BCUT2D eigenvalue weighted by Crippen LogP contribution is -2.04. The van der Waals surface area contributed by atoms with Gasteiger partial charge in [0.05, 0.1) is 13.2 Å². The molecule has 1 heterocycles. The van der Waals surface area contributed by atoms with Crippen molar-refractivity contribution >= 4 is 11.8 Å². The molecule has 1 aromatic rings. The predicted octanol–water partition coefficient (Wildman–Crippen LogP) is 2.88. The quantitative estimate of drug-likeness (QED) is 0.285. The van der Waals surface area contributed by atoms with Crippen LogP contribution in [-0.4, -0.2) is 29.1 Å². The van der Waals surface area contributed by atoms with Crippen molar-refractivity contribution < 1.29 is 19.2 Å². The van der Waals surface area contributed by atoms with Crippen molar-refractivity contribution in [2.45, 2.75) is 39.0 Å². The van der Waals surface area contributed by atoms with Gasteiger partial charge in [0.25, 0.3) is 0 Å². The summed E-state index contributed by atoms with van der Waals surface area (Å²) in [6.45, 7) is 2.59. The molecule has 1 rings (SSSR count). The van der Waals surface area contributed by atoms with E-state index in [1.165, 1.54) is 12.3 Å². The number of ether oxygens (including phenoxy) is 2. The van der Waals surface area contributed by atoms with Crippen molar-refractivity contribution in [1.29, 1.82) is 0 Å². The zero-order chi connectivity index (χ0) is 15.5. The van der Waals surface area contributed by atoms with Gasteiger partial charge in [-0.25, -0.2) is 0 Å². The number of rotatable bonds is 10. The van der Waals surface area contributed by atoms with E-state index in [2.05, 4.69) is 4.98 Å². The van der Waals surface area contributed by atoms with Crippen molar-refractivity contribution in [3.63, 3.8) is 0 Å². The molecule has 7 nitrogen and oxygen atoms in total. The van der Waals surface area contributed by atoms with E-state index in [0.29, 0.717) is 19.6 Å². The average molecular weight is 296 g/mol. The van der Waals surface area contributed by atoms with Crippen LogP contribution in [0.5, 0.6) is 5.75 Å². The second-order valence-electron chi connectivity index (χ2n) is 4.40. The number of hydrogen-bond acceptors (Lipinski definition) is 6. The monoisotopic (exact) mass is 296 g/mol. The van der Waals surface area contributed by atoms with Gasteiger partial charge in [0, 0.05) is 6.42 Å². The standard InChI is InChI=1S/C14H20N2O5/c1-2-20-13(17)9-5-3-4-6-11-21-12-8-7-10-15-14(12)16(18)19/h7-8,10H,2-6,9,11H2,1H3. The Kier molecular flexibility index (Phi) is 7.78. The average Bonchev–Trinajstić information content (AvgIpc) is 2.46. The van der Waals surface area contributed by atoms with Gasteiger partial charge in [-0.3, -0.25) is 4.79 Å². The van der Waals surface area contributed by atoms with E-state index in [-0.39, 0.29) is 17.5 Å². The number of hydrogen-bond donors (Lipinski definition) is 0. The number of pyridine rings is 1. The summed E-state index contributed by atoms with van der Waals surface area (Å²) >= 11 is 0. The van der Waals surface area contributed by atoms with Gasteiger partial charge in [-0.1, -0.05) is 12.8 Å². The van der Waals surface area contributed by atoms with Gasteiger partial charge in [-0.05, 0) is 41.8 Å². The third kappa shape index (κ3) is 6.69. The smallest absolute Gasteiger partial charge is 0.406 e. The largest absolute Gasteiger partial charge is 0.486 e. The lowest BCUT2D eigenvalue weighted by atomic mass is 10.1. The first kappa shape index (κ1) is 16.9. The fraction of sp³-hybridized carbons (Fsp3) is 0.571. The molecule has 0 fully saturated rings. The van der Waals surface area contributed by atoms with Crippen LogP contribution in [0.2, 0.25) is 0 Å². The Morgan fingerprint density at radius 3 is 2.81 bits per heavy atom. The highest BCUT2D eigenvalue weighted by atomic mass is 16.6. The second-order valence-corrected chi connectivity index (χ2v) is 4.40. The molecule has 0 amide bonds. The summed E-state index contributed by atoms with van der Waals surface area (Å²) in [7, 11) is 0. The molecule has 0 aliphatic carbocycles. The van der Waals surface area contributed by atoms with Crippen LogP contribution in [-0.2, 0) is 9.53 Å². The summed E-state index contributed by atoms with van der Waals surface area (Å²) < 4.78 is 10.2. The van der Waals surface area contributed by atoms with E-state index in [1.54, 1.807) is 13.0 Å². The molecule has 0 aliphatic rings. The summed E-state index contributed by atoms with van der Waals surface area (Å²) in [6.07, 6.45) is 5.15. The number of unbranched alkanes of at least 4 members (excludes halogenated alkanes) is 3. The summed E-state index contributed by atoms with van der Waals surface area (Å²) in [4.78, 5) is 24.9. The molecule has 7 heteroatoms. The number of esters is 1. The SMILES string of the molecule is CCOC(=O)CCCCCCOc1cccnc1[N+](=O)[O-]. The van der Waals surface area contributed by atoms with Gasteiger partial charge in [-0.2, -0.15) is 0 Å². The second kappa shape index (κ2) is 9.68.